The topological polar surface area (TPSA) is 42.1 Å². The van der Waals surface area contributed by atoms with Crippen LogP contribution < -0.4 is 0 Å². The highest BCUT2D eigenvalue weighted by atomic mass is 16.5. The minimum absolute atomic E-state index is 0.141. The predicted molar refractivity (Wildman–Crippen MR) is 77.9 cm³/mol. The zero-order valence-corrected chi connectivity index (χ0v) is 11.6. The van der Waals surface area contributed by atoms with Crippen molar-refractivity contribution in [3.8, 4) is 0 Å². The van der Waals surface area contributed by atoms with E-state index in [2.05, 4.69) is 23.7 Å². The number of hydrogen-bond donors (Lipinski definition) is 1. The van der Waals surface area contributed by atoms with Crippen LogP contribution in [0.15, 0.2) is 31.0 Å². The number of allylic oxidation sites excluding steroid dienone is 1. The molecule has 2 rings (SSSR count). The van der Waals surface area contributed by atoms with Crippen LogP contribution >= 0.6 is 0 Å². The van der Waals surface area contributed by atoms with Crippen molar-refractivity contribution in [2.75, 3.05) is 7.11 Å². The van der Waals surface area contributed by atoms with E-state index < -0.39 is 0 Å². The monoisotopic (exact) mass is 257 g/mol. The molecule has 1 atom stereocenters. The third kappa shape index (κ3) is 2.55. The lowest BCUT2D eigenvalue weighted by Gasteiger charge is -2.08. The van der Waals surface area contributed by atoms with Gasteiger partial charge in [-0.1, -0.05) is 31.7 Å². The summed E-state index contributed by atoms with van der Waals surface area (Å²) in [6.07, 6.45) is 2.64. The van der Waals surface area contributed by atoms with Crippen molar-refractivity contribution >= 4 is 22.4 Å². The van der Waals surface area contributed by atoms with Gasteiger partial charge in [-0.25, -0.2) is 0 Å². The molecule has 0 aliphatic heterocycles. The molecule has 1 aromatic carbocycles. The molecule has 100 valence electrons. The number of rotatable bonds is 4. The van der Waals surface area contributed by atoms with Crippen molar-refractivity contribution in [1.82, 2.24) is 4.98 Å². The predicted octanol–water partition coefficient (Wildman–Crippen LogP) is 3.55. The molecular weight excluding hydrogens is 238 g/mol. The van der Waals surface area contributed by atoms with Gasteiger partial charge >= 0.3 is 5.97 Å². The Bertz CT molecular complexity index is 625. The molecule has 0 unspecified atom stereocenters. The Balaban J connectivity index is 2.39. The summed E-state index contributed by atoms with van der Waals surface area (Å²) >= 11 is 0. The number of nitrogens with one attached hydrogen (secondary N) is 1. The number of fused-ring (bicyclic) bond motifs is 1. The Kier molecular flexibility index (Phi) is 3.74. The number of aromatic nitrogens is 1. The molecule has 0 radical (unpaired) electrons. The molecule has 1 heterocycles. The largest absolute Gasteiger partial charge is 0.469 e. The first kappa shape index (κ1) is 13.4. The van der Waals surface area contributed by atoms with Gasteiger partial charge < -0.3 is 9.72 Å². The maximum Gasteiger partial charge on any atom is 0.308 e. The minimum Gasteiger partial charge on any atom is -0.469 e. The number of carbonyl (C=O) groups is 1. The van der Waals surface area contributed by atoms with E-state index in [4.69, 9.17) is 4.74 Å². The summed E-state index contributed by atoms with van der Waals surface area (Å²) in [6, 6.07) is 6.14. The van der Waals surface area contributed by atoms with Crippen molar-refractivity contribution in [1.29, 1.82) is 0 Å². The van der Waals surface area contributed by atoms with Crippen LogP contribution in [0.3, 0.4) is 0 Å². The SMILES string of the molecule is C=C(C)c1cccc2c(C[C@H](C)C(=O)OC)c[nH]c12. The average molecular weight is 257 g/mol. The van der Waals surface area contributed by atoms with Crippen molar-refractivity contribution in [3.63, 3.8) is 0 Å². The van der Waals surface area contributed by atoms with Gasteiger partial charge in [-0.2, -0.15) is 0 Å². The van der Waals surface area contributed by atoms with Crippen LogP contribution in [0, 0.1) is 5.92 Å². The summed E-state index contributed by atoms with van der Waals surface area (Å²) in [7, 11) is 1.42. The van der Waals surface area contributed by atoms with E-state index >= 15 is 0 Å². The standard InChI is InChI=1S/C16H19NO2/c1-10(2)13-6-5-7-14-12(9-17-15(13)14)8-11(3)16(18)19-4/h5-7,9,11,17H,1,8H2,2-4H3/t11-/m0/s1. The lowest BCUT2D eigenvalue weighted by Crippen LogP contribution is -2.14. The second-order valence-corrected chi connectivity index (χ2v) is 4.95. The Morgan fingerprint density at radius 1 is 1.47 bits per heavy atom. The second kappa shape index (κ2) is 5.31. The molecule has 1 aromatic heterocycles. The fraction of sp³-hybridized carbons (Fsp3) is 0.312. The summed E-state index contributed by atoms with van der Waals surface area (Å²) in [5.41, 5.74) is 4.37. The maximum atomic E-state index is 11.5. The van der Waals surface area contributed by atoms with Gasteiger partial charge in [-0.3, -0.25) is 4.79 Å². The highest BCUT2D eigenvalue weighted by Gasteiger charge is 2.16. The Morgan fingerprint density at radius 2 is 2.21 bits per heavy atom. The lowest BCUT2D eigenvalue weighted by atomic mass is 9.98. The molecule has 0 fully saturated rings. The molecule has 1 N–H and O–H groups in total. The highest BCUT2D eigenvalue weighted by Crippen LogP contribution is 2.27. The van der Waals surface area contributed by atoms with E-state index in [9.17, 15) is 4.79 Å². The fourth-order valence-electron chi connectivity index (χ4n) is 2.35. The quantitative estimate of drug-likeness (QED) is 0.851. The van der Waals surface area contributed by atoms with Crippen LogP contribution in [0.1, 0.15) is 25.0 Å². The van der Waals surface area contributed by atoms with Crippen LogP contribution in [0.2, 0.25) is 0 Å². The minimum atomic E-state index is -0.176. The van der Waals surface area contributed by atoms with Gasteiger partial charge in [0.1, 0.15) is 0 Å². The summed E-state index contributed by atoms with van der Waals surface area (Å²) in [5, 5.41) is 1.15. The first-order valence-corrected chi connectivity index (χ1v) is 6.37. The molecule has 3 nitrogen and oxygen atoms in total. The van der Waals surface area contributed by atoms with Crippen LogP contribution in [0.25, 0.3) is 16.5 Å². The number of benzene rings is 1. The number of methoxy groups -OCH3 is 1. The zero-order valence-electron chi connectivity index (χ0n) is 11.6. The normalized spacial score (nSPS) is 12.4. The van der Waals surface area contributed by atoms with Crippen LogP contribution in [0.5, 0.6) is 0 Å². The number of para-hydroxylation sites is 1. The van der Waals surface area contributed by atoms with E-state index in [0.717, 1.165) is 27.6 Å². The van der Waals surface area contributed by atoms with E-state index in [1.165, 1.54) is 7.11 Å². The summed E-state index contributed by atoms with van der Waals surface area (Å²) in [6.45, 7) is 7.87. The molecule has 3 heteroatoms. The van der Waals surface area contributed by atoms with Gasteiger partial charge in [0.05, 0.1) is 18.5 Å². The zero-order chi connectivity index (χ0) is 14.0. The van der Waals surface area contributed by atoms with Crippen LogP contribution in [0.4, 0.5) is 0 Å². The number of hydrogen-bond acceptors (Lipinski definition) is 2. The second-order valence-electron chi connectivity index (χ2n) is 4.95. The molecule has 0 aliphatic rings. The number of H-pyrrole nitrogens is 1. The van der Waals surface area contributed by atoms with Crippen LogP contribution in [-0.2, 0) is 16.0 Å². The van der Waals surface area contributed by atoms with Crippen molar-refractivity contribution in [2.24, 2.45) is 5.92 Å². The number of aromatic amines is 1. The van der Waals surface area contributed by atoms with Gasteiger partial charge in [-0.15, -0.1) is 0 Å². The van der Waals surface area contributed by atoms with Gasteiger partial charge in [-0.05, 0) is 24.5 Å². The van der Waals surface area contributed by atoms with Crippen molar-refractivity contribution in [2.45, 2.75) is 20.3 Å². The third-order valence-electron chi connectivity index (χ3n) is 3.39. The maximum absolute atomic E-state index is 11.5. The molecule has 0 spiro atoms. The highest BCUT2D eigenvalue weighted by molar-refractivity contribution is 5.93. The molecule has 0 bridgehead atoms. The Hall–Kier alpha value is -2.03. The molecule has 0 aliphatic carbocycles. The van der Waals surface area contributed by atoms with Gasteiger partial charge in [0.2, 0.25) is 0 Å². The Morgan fingerprint density at radius 3 is 2.84 bits per heavy atom. The number of esters is 1. The molecule has 0 saturated carbocycles. The third-order valence-corrected chi connectivity index (χ3v) is 3.39. The van der Waals surface area contributed by atoms with E-state index in [0.29, 0.717) is 6.42 Å². The summed E-state index contributed by atoms with van der Waals surface area (Å²) < 4.78 is 4.77. The van der Waals surface area contributed by atoms with Crippen molar-refractivity contribution in [3.05, 3.63) is 42.1 Å². The van der Waals surface area contributed by atoms with Crippen LogP contribution in [-0.4, -0.2) is 18.1 Å². The molecule has 0 saturated heterocycles. The van der Waals surface area contributed by atoms with Gasteiger partial charge in [0.25, 0.3) is 0 Å². The molecule has 2 aromatic rings. The van der Waals surface area contributed by atoms with E-state index in [1.54, 1.807) is 0 Å². The van der Waals surface area contributed by atoms with Crippen molar-refractivity contribution < 1.29 is 9.53 Å². The average Bonchev–Trinajstić information content (AvgIpc) is 2.80. The molecule has 0 amide bonds. The summed E-state index contributed by atoms with van der Waals surface area (Å²) in [5.74, 6) is -0.317. The fourth-order valence-corrected chi connectivity index (χ4v) is 2.35. The van der Waals surface area contributed by atoms with Gasteiger partial charge in [0.15, 0.2) is 0 Å². The van der Waals surface area contributed by atoms with Gasteiger partial charge in [0, 0.05) is 17.1 Å². The van der Waals surface area contributed by atoms with E-state index in [-0.39, 0.29) is 11.9 Å². The van der Waals surface area contributed by atoms with E-state index in [1.807, 2.05) is 26.1 Å². The molecular formula is C16H19NO2. The first-order chi connectivity index (χ1) is 9.04. The smallest absolute Gasteiger partial charge is 0.308 e. The lowest BCUT2D eigenvalue weighted by molar-refractivity contribution is -0.144. The first-order valence-electron chi connectivity index (χ1n) is 6.37. The molecule has 19 heavy (non-hydrogen) atoms. The number of ether oxygens (including phenoxy) is 1. The number of carbonyl (C=O) groups excluding carboxylic acids is 1. The Labute approximate surface area is 113 Å². The summed E-state index contributed by atoms with van der Waals surface area (Å²) in [4.78, 5) is 14.8.